The van der Waals surface area contributed by atoms with Gasteiger partial charge in [-0.05, 0) is 47.9 Å². The number of aliphatic hydroxyl groups excluding tert-OH is 1. The summed E-state index contributed by atoms with van der Waals surface area (Å²) in [5, 5.41) is 20.2. The van der Waals surface area contributed by atoms with E-state index < -0.39 is 47.7 Å². The van der Waals surface area contributed by atoms with Gasteiger partial charge in [0.1, 0.15) is 12.6 Å². The molecule has 0 fully saturated rings. The van der Waals surface area contributed by atoms with Gasteiger partial charge in [0.2, 0.25) is 5.91 Å². The molecule has 0 aliphatic heterocycles. The van der Waals surface area contributed by atoms with Gasteiger partial charge < -0.3 is 30.5 Å². The Morgan fingerprint density at radius 2 is 1.58 bits per heavy atom. The molecule has 4 atom stereocenters. The number of benzene rings is 2. The predicted octanol–water partition coefficient (Wildman–Crippen LogP) is 5.29. The smallest absolute Gasteiger partial charge is 0.407 e. The molecule has 2 heterocycles. The van der Waals surface area contributed by atoms with Crippen LogP contribution in [0.5, 0.6) is 0 Å². The van der Waals surface area contributed by atoms with E-state index in [9.17, 15) is 19.5 Å². The third-order valence-electron chi connectivity index (χ3n) is 7.74. The van der Waals surface area contributed by atoms with Crippen molar-refractivity contribution in [2.24, 2.45) is 5.41 Å². The van der Waals surface area contributed by atoms with Crippen molar-refractivity contribution in [3.63, 3.8) is 0 Å². The number of aliphatic hydroxyl groups is 1. The summed E-state index contributed by atoms with van der Waals surface area (Å²) in [6.45, 7) is 5.57. The van der Waals surface area contributed by atoms with Crippen LogP contribution in [0.1, 0.15) is 43.2 Å². The van der Waals surface area contributed by atoms with Crippen LogP contribution in [0.15, 0.2) is 90.7 Å². The summed E-state index contributed by atoms with van der Waals surface area (Å²) in [6.07, 6.45) is 1.67. The van der Waals surface area contributed by atoms with Crippen molar-refractivity contribution in [2.75, 3.05) is 7.11 Å². The number of carbonyl (C=O) groups is 3. The monoisotopic (exact) mass is 673 g/mol. The van der Waals surface area contributed by atoms with Gasteiger partial charge in [0.05, 0.1) is 35.3 Å². The zero-order valence-corrected chi connectivity index (χ0v) is 28.4. The first-order valence-electron chi connectivity index (χ1n) is 15.7. The van der Waals surface area contributed by atoms with E-state index in [2.05, 4.69) is 25.9 Å². The van der Waals surface area contributed by atoms with E-state index >= 15 is 0 Å². The Kier molecular flexibility index (Phi) is 13.0. The molecular weight excluding hydrogens is 630 g/mol. The summed E-state index contributed by atoms with van der Waals surface area (Å²) in [6, 6.07) is 20.8. The fourth-order valence-corrected chi connectivity index (χ4v) is 5.72. The van der Waals surface area contributed by atoms with Crippen molar-refractivity contribution in [3.8, 4) is 11.3 Å². The van der Waals surface area contributed by atoms with E-state index in [1.54, 1.807) is 17.9 Å². The van der Waals surface area contributed by atoms with E-state index in [0.717, 1.165) is 27.3 Å². The second-order valence-corrected chi connectivity index (χ2v) is 13.5. The molecular formula is C36H43N5O6S. The van der Waals surface area contributed by atoms with Gasteiger partial charge in [0, 0.05) is 24.0 Å². The van der Waals surface area contributed by atoms with Gasteiger partial charge in [-0.1, -0.05) is 81.4 Å². The lowest BCUT2D eigenvalue weighted by Crippen LogP contribution is -2.56. The Balaban J connectivity index is 1.56. The molecule has 254 valence electrons. The Morgan fingerprint density at radius 3 is 2.21 bits per heavy atom. The van der Waals surface area contributed by atoms with Crippen LogP contribution in [0.4, 0.5) is 9.59 Å². The summed E-state index contributed by atoms with van der Waals surface area (Å²) in [5.41, 5.74) is 4.61. The normalized spacial score (nSPS) is 13.8. The van der Waals surface area contributed by atoms with Crippen molar-refractivity contribution in [1.29, 1.82) is 0 Å². The summed E-state index contributed by atoms with van der Waals surface area (Å²) < 4.78 is 10.2. The number of hydrogen-bond donors (Lipinski definition) is 4. The van der Waals surface area contributed by atoms with Gasteiger partial charge in [0.25, 0.3) is 0 Å². The number of ether oxygens (including phenoxy) is 2. The van der Waals surface area contributed by atoms with E-state index in [1.807, 2.05) is 93.6 Å². The zero-order valence-electron chi connectivity index (χ0n) is 27.6. The van der Waals surface area contributed by atoms with Crippen LogP contribution >= 0.6 is 11.3 Å². The minimum absolute atomic E-state index is 0.0548. The van der Waals surface area contributed by atoms with E-state index in [4.69, 9.17) is 9.47 Å². The molecule has 0 radical (unpaired) electrons. The Hall–Kier alpha value is -4.81. The molecule has 0 saturated heterocycles. The highest BCUT2D eigenvalue weighted by Crippen LogP contribution is 2.22. The number of alkyl carbamates (subject to hydrolysis) is 2. The topological polar surface area (TPSA) is 152 Å². The molecule has 3 unspecified atom stereocenters. The third kappa shape index (κ3) is 11.2. The average Bonchev–Trinajstić information content (AvgIpc) is 3.60. The molecule has 0 spiro atoms. The van der Waals surface area contributed by atoms with Crippen LogP contribution in [-0.4, -0.2) is 64.5 Å². The van der Waals surface area contributed by atoms with Crippen LogP contribution in [0.25, 0.3) is 11.3 Å². The minimum Gasteiger partial charge on any atom is -0.453 e. The number of nitrogens with zero attached hydrogens (tertiary/aromatic N) is 2. The van der Waals surface area contributed by atoms with Crippen LogP contribution in [0, 0.1) is 5.41 Å². The summed E-state index contributed by atoms with van der Waals surface area (Å²) in [7, 11) is 1.24. The van der Waals surface area contributed by atoms with Crippen molar-refractivity contribution >= 4 is 29.4 Å². The molecule has 3 amide bonds. The van der Waals surface area contributed by atoms with Crippen LogP contribution < -0.4 is 16.0 Å². The SMILES string of the molecule is COC(=O)N[C@H](C(=O)NC(Cc1ccc(-c2ccccn2)cc1)CC(O)C(Cc1ccccc1)NC(=O)OCc1cncs1)C(C)(C)C. The van der Waals surface area contributed by atoms with E-state index in [1.165, 1.54) is 18.4 Å². The number of aromatic nitrogens is 2. The highest BCUT2D eigenvalue weighted by atomic mass is 32.1. The van der Waals surface area contributed by atoms with E-state index in [0.29, 0.717) is 12.8 Å². The lowest BCUT2D eigenvalue weighted by Gasteiger charge is -2.33. The van der Waals surface area contributed by atoms with Crippen LogP contribution in [0.3, 0.4) is 0 Å². The maximum Gasteiger partial charge on any atom is 0.407 e. The Labute approximate surface area is 285 Å². The molecule has 4 rings (SSSR count). The van der Waals surface area contributed by atoms with Crippen molar-refractivity contribution in [1.82, 2.24) is 25.9 Å². The zero-order chi connectivity index (χ0) is 34.5. The van der Waals surface area contributed by atoms with Gasteiger partial charge in [-0.3, -0.25) is 14.8 Å². The van der Waals surface area contributed by atoms with Crippen LogP contribution in [-0.2, 0) is 33.7 Å². The summed E-state index contributed by atoms with van der Waals surface area (Å²) in [5.74, 6) is -0.424. The molecule has 12 heteroatoms. The highest BCUT2D eigenvalue weighted by Gasteiger charge is 2.35. The van der Waals surface area contributed by atoms with E-state index in [-0.39, 0.29) is 13.0 Å². The third-order valence-corrected chi connectivity index (χ3v) is 8.49. The first-order chi connectivity index (χ1) is 23.0. The summed E-state index contributed by atoms with van der Waals surface area (Å²) >= 11 is 1.37. The largest absolute Gasteiger partial charge is 0.453 e. The molecule has 0 aliphatic carbocycles. The lowest BCUT2D eigenvalue weighted by atomic mass is 9.85. The predicted molar refractivity (Wildman–Crippen MR) is 184 cm³/mol. The number of thiazole rings is 1. The molecule has 4 N–H and O–H groups in total. The number of rotatable bonds is 14. The van der Waals surface area contributed by atoms with Gasteiger partial charge in [-0.25, -0.2) is 9.59 Å². The number of nitrogens with one attached hydrogen (secondary N) is 3. The Bertz CT molecular complexity index is 1580. The maximum atomic E-state index is 13.7. The quantitative estimate of drug-likeness (QED) is 0.141. The second-order valence-electron chi connectivity index (χ2n) is 12.5. The van der Waals surface area contributed by atoms with Gasteiger partial charge in [-0.2, -0.15) is 0 Å². The number of amides is 3. The summed E-state index contributed by atoms with van der Waals surface area (Å²) in [4.78, 5) is 48.0. The first-order valence-corrected chi connectivity index (χ1v) is 16.6. The van der Waals surface area contributed by atoms with Crippen LogP contribution in [0.2, 0.25) is 0 Å². The first kappa shape index (κ1) is 36.0. The number of hydrogen-bond acceptors (Lipinski definition) is 9. The molecule has 2 aromatic carbocycles. The van der Waals surface area contributed by atoms with Crippen molar-refractivity contribution in [2.45, 2.75) is 70.9 Å². The second kappa shape index (κ2) is 17.4. The number of pyridine rings is 1. The van der Waals surface area contributed by atoms with Gasteiger partial charge in [0.15, 0.2) is 0 Å². The lowest BCUT2D eigenvalue weighted by molar-refractivity contribution is -0.126. The fourth-order valence-electron chi connectivity index (χ4n) is 5.21. The van der Waals surface area contributed by atoms with Crippen molar-refractivity contribution in [3.05, 3.63) is 107 Å². The molecule has 0 aliphatic rings. The molecule has 0 saturated carbocycles. The maximum absolute atomic E-state index is 13.7. The average molecular weight is 674 g/mol. The molecule has 11 nitrogen and oxygen atoms in total. The molecule has 0 bridgehead atoms. The molecule has 2 aromatic heterocycles. The molecule has 4 aromatic rings. The Morgan fingerprint density at radius 1 is 0.875 bits per heavy atom. The highest BCUT2D eigenvalue weighted by molar-refractivity contribution is 7.09. The van der Waals surface area contributed by atoms with Gasteiger partial charge in [-0.15, -0.1) is 11.3 Å². The standard InChI is InChI=1S/C36H43N5O6S/c1-36(2,3)32(41-34(44)46-4)33(43)39-27(18-25-13-15-26(16-14-25)29-12-8-9-17-38-29)20-31(42)30(19-24-10-6-5-7-11-24)40-35(45)47-22-28-21-37-23-48-28/h5-17,21,23,27,30-32,42H,18-20,22H2,1-4H3,(H,39,43)(H,40,45)(H,41,44)/t27?,30?,31?,32-/m1/s1. The minimum atomic E-state index is -1.08. The fraction of sp³-hybridized carbons (Fsp3) is 0.361. The number of carbonyl (C=O) groups excluding carboxylic acids is 3. The number of methoxy groups -OCH3 is 1. The van der Waals surface area contributed by atoms with Crippen molar-refractivity contribution < 1.29 is 29.0 Å². The van der Waals surface area contributed by atoms with Gasteiger partial charge >= 0.3 is 12.2 Å². The molecule has 48 heavy (non-hydrogen) atoms.